The van der Waals surface area contributed by atoms with E-state index in [9.17, 15) is 0 Å². The van der Waals surface area contributed by atoms with Crippen molar-refractivity contribution in [2.24, 2.45) is 0 Å². The summed E-state index contributed by atoms with van der Waals surface area (Å²) in [6, 6.07) is 17.1. The summed E-state index contributed by atoms with van der Waals surface area (Å²) in [7, 11) is 0. The highest BCUT2D eigenvalue weighted by molar-refractivity contribution is 5.56. The molecule has 0 aliphatic heterocycles. The first-order valence-electron chi connectivity index (χ1n) is 7.81. The molecule has 1 fully saturated rings. The lowest BCUT2D eigenvalue weighted by Gasteiger charge is -2.15. The van der Waals surface area contributed by atoms with Gasteiger partial charge in [0.2, 0.25) is 0 Å². The summed E-state index contributed by atoms with van der Waals surface area (Å²) >= 11 is 0. The van der Waals surface area contributed by atoms with Gasteiger partial charge in [0.25, 0.3) is 0 Å². The molecule has 0 spiro atoms. The molecule has 0 bridgehead atoms. The Morgan fingerprint density at radius 3 is 2.67 bits per heavy atom. The van der Waals surface area contributed by atoms with Crippen LogP contribution in [-0.2, 0) is 6.54 Å². The molecule has 3 rings (SSSR count). The molecule has 1 saturated carbocycles. The van der Waals surface area contributed by atoms with E-state index in [1.807, 2.05) is 18.2 Å². The van der Waals surface area contributed by atoms with E-state index in [0.29, 0.717) is 0 Å². The standard InChI is InChI=1S/C19H23NO/c1-14(2)21-19-9-4-3-8-18(19)20-13-15-6-5-7-17(12-15)16-10-11-16/h3-9,12,14,16,20H,10-11,13H2,1-2H3. The first-order valence-corrected chi connectivity index (χ1v) is 7.81. The Balaban J connectivity index is 1.68. The SMILES string of the molecule is CC(C)Oc1ccccc1NCc1cccc(C2CC2)c1. The highest BCUT2D eigenvalue weighted by atomic mass is 16.5. The Hall–Kier alpha value is -1.96. The monoisotopic (exact) mass is 281 g/mol. The minimum absolute atomic E-state index is 0.186. The number of ether oxygens (including phenoxy) is 1. The molecule has 0 saturated heterocycles. The predicted molar refractivity (Wildman–Crippen MR) is 87.9 cm³/mol. The predicted octanol–water partition coefficient (Wildman–Crippen LogP) is 4.96. The van der Waals surface area contributed by atoms with Gasteiger partial charge < -0.3 is 10.1 Å². The number of benzene rings is 2. The van der Waals surface area contributed by atoms with Gasteiger partial charge in [-0.1, -0.05) is 36.4 Å². The number of rotatable bonds is 6. The van der Waals surface area contributed by atoms with Gasteiger partial charge in [-0.15, -0.1) is 0 Å². The number of hydrogen-bond acceptors (Lipinski definition) is 2. The summed E-state index contributed by atoms with van der Waals surface area (Å²) in [5.74, 6) is 1.73. The van der Waals surface area contributed by atoms with Crippen molar-refractivity contribution in [3.05, 3.63) is 59.7 Å². The fourth-order valence-corrected chi connectivity index (χ4v) is 2.54. The summed E-state index contributed by atoms with van der Waals surface area (Å²) in [6.45, 7) is 4.94. The van der Waals surface area contributed by atoms with Crippen LogP contribution in [0.25, 0.3) is 0 Å². The quantitative estimate of drug-likeness (QED) is 0.807. The summed E-state index contributed by atoms with van der Waals surface area (Å²) in [5, 5.41) is 3.50. The van der Waals surface area contributed by atoms with Crippen molar-refractivity contribution in [1.82, 2.24) is 0 Å². The largest absolute Gasteiger partial charge is 0.489 e. The fourth-order valence-electron chi connectivity index (χ4n) is 2.54. The first kappa shape index (κ1) is 14.0. The molecule has 0 amide bonds. The zero-order valence-electron chi connectivity index (χ0n) is 12.8. The molecule has 0 heterocycles. The zero-order chi connectivity index (χ0) is 14.7. The van der Waals surface area contributed by atoms with Crippen molar-refractivity contribution in [3.8, 4) is 5.75 Å². The van der Waals surface area contributed by atoms with E-state index in [1.54, 1.807) is 0 Å². The number of nitrogens with one attached hydrogen (secondary N) is 1. The first-order chi connectivity index (χ1) is 10.2. The zero-order valence-corrected chi connectivity index (χ0v) is 12.8. The molecule has 0 aromatic heterocycles. The Morgan fingerprint density at radius 2 is 1.90 bits per heavy atom. The van der Waals surface area contributed by atoms with E-state index in [0.717, 1.165) is 23.9 Å². The second kappa shape index (κ2) is 6.21. The summed E-state index contributed by atoms with van der Waals surface area (Å²) < 4.78 is 5.84. The molecule has 110 valence electrons. The van der Waals surface area contributed by atoms with Crippen LogP contribution in [0.4, 0.5) is 5.69 Å². The minimum atomic E-state index is 0.186. The molecule has 2 nitrogen and oxygen atoms in total. The molecule has 2 aromatic carbocycles. The van der Waals surface area contributed by atoms with Crippen LogP contribution in [-0.4, -0.2) is 6.10 Å². The topological polar surface area (TPSA) is 21.3 Å². The molecule has 0 radical (unpaired) electrons. The number of para-hydroxylation sites is 2. The molecular weight excluding hydrogens is 258 g/mol. The van der Waals surface area contributed by atoms with Gasteiger partial charge in [-0.05, 0) is 55.9 Å². The van der Waals surface area contributed by atoms with Crippen LogP contribution in [0.3, 0.4) is 0 Å². The van der Waals surface area contributed by atoms with Crippen molar-refractivity contribution in [1.29, 1.82) is 0 Å². The molecule has 0 atom stereocenters. The maximum absolute atomic E-state index is 5.84. The molecule has 0 unspecified atom stereocenters. The lowest BCUT2D eigenvalue weighted by atomic mass is 10.1. The van der Waals surface area contributed by atoms with Crippen LogP contribution >= 0.6 is 0 Å². The molecule has 1 aliphatic carbocycles. The lowest BCUT2D eigenvalue weighted by Crippen LogP contribution is -2.08. The van der Waals surface area contributed by atoms with E-state index in [1.165, 1.54) is 24.0 Å². The third-order valence-corrected chi connectivity index (χ3v) is 3.73. The Labute approximate surface area is 127 Å². The maximum Gasteiger partial charge on any atom is 0.142 e. The number of anilines is 1. The van der Waals surface area contributed by atoms with Crippen LogP contribution < -0.4 is 10.1 Å². The van der Waals surface area contributed by atoms with Gasteiger partial charge in [-0.25, -0.2) is 0 Å². The highest BCUT2D eigenvalue weighted by Crippen LogP contribution is 2.40. The number of hydrogen-bond donors (Lipinski definition) is 1. The third-order valence-electron chi connectivity index (χ3n) is 3.73. The Morgan fingerprint density at radius 1 is 1.10 bits per heavy atom. The summed E-state index contributed by atoms with van der Waals surface area (Å²) in [6.07, 6.45) is 2.88. The van der Waals surface area contributed by atoms with Crippen LogP contribution in [0.2, 0.25) is 0 Å². The smallest absolute Gasteiger partial charge is 0.142 e. The van der Waals surface area contributed by atoms with Crippen molar-refractivity contribution in [3.63, 3.8) is 0 Å². The Kier molecular flexibility index (Phi) is 4.14. The van der Waals surface area contributed by atoms with Gasteiger partial charge in [0, 0.05) is 6.54 Å². The Bertz CT molecular complexity index is 602. The van der Waals surface area contributed by atoms with Crippen molar-refractivity contribution in [2.75, 3.05) is 5.32 Å². The van der Waals surface area contributed by atoms with E-state index >= 15 is 0 Å². The summed E-state index contributed by atoms with van der Waals surface area (Å²) in [5.41, 5.74) is 3.88. The van der Waals surface area contributed by atoms with E-state index in [-0.39, 0.29) is 6.10 Å². The van der Waals surface area contributed by atoms with Gasteiger partial charge in [-0.3, -0.25) is 0 Å². The van der Waals surface area contributed by atoms with Gasteiger partial charge in [0.05, 0.1) is 11.8 Å². The molecule has 1 N–H and O–H groups in total. The highest BCUT2D eigenvalue weighted by Gasteiger charge is 2.23. The molecule has 2 heteroatoms. The van der Waals surface area contributed by atoms with E-state index < -0.39 is 0 Å². The van der Waals surface area contributed by atoms with Crippen LogP contribution in [0.1, 0.15) is 43.7 Å². The van der Waals surface area contributed by atoms with E-state index in [4.69, 9.17) is 4.74 Å². The molecular formula is C19H23NO. The lowest BCUT2D eigenvalue weighted by molar-refractivity contribution is 0.243. The normalized spacial score (nSPS) is 14.2. The van der Waals surface area contributed by atoms with Crippen molar-refractivity contribution < 1.29 is 4.74 Å². The third kappa shape index (κ3) is 3.78. The van der Waals surface area contributed by atoms with Crippen LogP contribution in [0.5, 0.6) is 5.75 Å². The van der Waals surface area contributed by atoms with Crippen molar-refractivity contribution >= 4 is 5.69 Å². The van der Waals surface area contributed by atoms with Crippen LogP contribution in [0, 0.1) is 0 Å². The second-order valence-corrected chi connectivity index (χ2v) is 6.04. The molecule has 1 aliphatic rings. The summed E-state index contributed by atoms with van der Waals surface area (Å²) in [4.78, 5) is 0. The fraction of sp³-hybridized carbons (Fsp3) is 0.368. The molecule has 2 aromatic rings. The van der Waals surface area contributed by atoms with Gasteiger partial charge in [0.15, 0.2) is 0 Å². The average molecular weight is 281 g/mol. The second-order valence-electron chi connectivity index (χ2n) is 6.04. The van der Waals surface area contributed by atoms with Gasteiger partial charge >= 0.3 is 0 Å². The van der Waals surface area contributed by atoms with Crippen LogP contribution in [0.15, 0.2) is 48.5 Å². The van der Waals surface area contributed by atoms with Gasteiger partial charge in [-0.2, -0.15) is 0 Å². The van der Waals surface area contributed by atoms with Gasteiger partial charge in [0.1, 0.15) is 5.75 Å². The molecule has 21 heavy (non-hydrogen) atoms. The minimum Gasteiger partial charge on any atom is -0.489 e. The maximum atomic E-state index is 5.84. The average Bonchev–Trinajstić information content (AvgIpc) is 3.31. The van der Waals surface area contributed by atoms with E-state index in [2.05, 4.69) is 49.5 Å². The van der Waals surface area contributed by atoms with Crippen molar-refractivity contribution in [2.45, 2.75) is 45.3 Å².